The van der Waals surface area contributed by atoms with Crippen molar-refractivity contribution in [2.75, 3.05) is 31.6 Å². The summed E-state index contributed by atoms with van der Waals surface area (Å²) in [4.78, 5) is 11.0. The quantitative estimate of drug-likeness (QED) is 0.873. The Bertz CT molecular complexity index is 379. The Hall–Kier alpha value is -1.20. The number of aromatic nitrogens is 2. The lowest BCUT2D eigenvalue weighted by Crippen LogP contribution is -2.48. The van der Waals surface area contributed by atoms with Crippen molar-refractivity contribution in [3.63, 3.8) is 0 Å². The van der Waals surface area contributed by atoms with Crippen molar-refractivity contribution in [3.8, 4) is 0 Å². The zero-order chi connectivity index (χ0) is 13.0. The van der Waals surface area contributed by atoms with Gasteiger partial charge in [0.1, 0.15) is 5.82 Å². The maximum atomic E-state index is 5.38. The number of rotatable bonds is 4. The van der Waals surface area contributed by atoms with Crippen LogP contribution in [0.5, 0.6) is 0 Å². The average molecular weight is 250 g/mol. The maximum absolute atomic E-state index is 5.38. The Balaban J connectivity index is 1.92. The molecule has 2 atom stereocenters. The number of hydrogen-bond acceptors (Lipinski definition) is 5. The summed E-state index contributed by atoms with van der Waals surface area (Å²) in [5.74, 6) is 0.850. The van der Waals surface area contributed by atoms with E-state index in [0.717, 1.165) is 37.8 Å². The number of ether oxygens (including phenoxy) is 1. The summed E-state index contributed by atoms with van der Waals surface area (Å²) in [5.41, 5.74) is 0.936. The smallest absolute Gasteiger partial charge is 0.145 e. The van der Waals surface area contributed by atoms with Gasteiger partial charge in [0.05, 0.1) is 25.1 Å². The summed E-state index contributed by atoms with van der Waals surface area (Å²) < 4.78 is 5.38. The van der Waals surface area contributed by atoms with Crippen LogP contribution in [0.15, 0.2) is 12.4 Å². The number of nitrogens with zero attached hydrogens (tertiary/aromatic N) is 3. The van der Waals surface area contributed by atoms with Crippen LogP contribution >= 0.6 is 0 Å². The molecule has 0 spiro atoms. The highest BCUT2D eigenvalue weighted by Gasteiger charge is 2.22. The summed E-state index contributed by atoms with van der Waals surface area (Å²) >= 11 is 0. The molecule has 0 aliphatic carbocycles. The van der Waals surface area contributed by atoms with Crippen molar-refractivity contribution in [1.82, 2.24) is 14.9 Å². The van der Waals surface area contributed by atoms with E-state index in [2.05, 4.69) is 34.0 Å². The van der Waals surface area contributed by atoms with Crippen LogP contribution in [0.3, 0.4) is 0 Å². The van der Waals surface area contributed by atoms with Gasteiger partial charge in [-0.1, -0.05) is 0 Å². The van der Waals surface area contributed by atoms with E-state index < -0.39 is 0 Å². The van der Waals surface area contributed by atoms with E-state index >= 15 is 0 Å². The molecule has 0 bridgehead atoms. The number of morpholine rings is 1. The third-order valence-electron chi connectivity index (χ3n) is 3.48. The summed E-state index contributed by atoms with van der Waals surface area (Å²) in [5, 5.41) is 3.42. The molecule has 0 radical (unpaired) electrons. The molecule has 1 aromatic heterocycles. The fraction of sp³-hybridized carbons (Fsp3) is 0.692. The van der Waals surface area contributed by atoms with Gasteiger partial charge in [-0.3, -0.25) is 9.88 Å². The Morgan fingerprint density at radius 1 is 1.28 bits per heavy atom. The molecule has 2 rings (SSSR count). The van der Waals surface area contributed by atoms with Gasteiger partial charge in [-0.2, -0.15) is 0 Å². The molecule has 1 saturated heterocycles. The minimum absolute atomic E-state index is 0.333. The van der Waals surface area contributed by atoms with E-state index in [1.807, 2.05) is 6.92 Å². The first-order chi connectivity index (χ1) is 8.66. The normalized spacial score (nSPS) is 20.4. The fourth-order valence-corrected chi connectivity index (χ4v) is 2.19. The third-order valence-corrected chi connectivity index (χ3v) is 3.48. The summed E-state index contributed by atoms with van der Waals surface area (Å²) in [6, 6.07) is 0.787. The number of anilines is 1. The highest BCUT2D eigenvalue weighted by Crippen LogP contribution is 2.11. The molecule has 2 heterocycles. The molecule has 5 nitrogen and oxygen atoms in total. The summed E-state index contributed by atoms with van der Waals surface area (Å²) in [6.07, 6.45) is 3.54. The van der Waals surface area contributed by atoms with E-state index in [9.17, 15) is 0 Å². The lowest BCUT2D eigenvalue weighted by Gasteiger charge is -2.36. The molecule has 1 aliphatic heterocycles. The van der Waals surface area contributed by atoms with E-state index in [0.29, 0.717) is 12.1 Å². The molecule has 0 amide bonds. The van der Waals surface area contributed by atoms with Crippen LogP contribution in [-0.4, -0.2) is 53.3 Å². The van der Waals surface area contributed by atoms with Crippen LogP contribution < -0.4 is 5.32 Å². The minimum Gasteiger partial charge on any atom is -0.379 e. The van der Waals surface area contributed by atoms with Crippen LogP contribution in [0, 0.1) is 6.92 Å². The zero-order valence-electron chi connectivity index (χ0n) is 11.4. The largest absolute Gasteiger partial charge is 0.379 e. The predicted molar refractivity (Wildman–Crippen MR) is 71.7 cm³/mol. The van der Waals surface area contributed by atoms with Gasteiger partial charge in [-0.25, -0.2) is 4.98 Å². The van der Waals surface area contributed by atoms with Gasteiger partial charge in [0.15, 0.2) is 0 Å². The van der Waals surface area contributed by atoms with Crippen molar-refractivity contribution < 1.29 is 4.74 Å². The molecular weight excluding hydrogens is 228 g/mol. The van der Waals surface area contributed by atoms with Crippen LogP contribution in [0.2, 0.25) is 0 Å². The highest BCUT2D eigenvalue weighted by molar-refractivity contribution is 5.33. The standard InChI is InChI=1S/C13H22N4O/c1-10-8-14-9-13(15-10)16-11(2)12(3)17-4-6-18-7-5-17/h8-9,11-12H,4-7H2,1-3H3,(H,15,16). The topological polar surface area (TPSA) is 50.3 Å². The lowest BCUT2D eigenvalue weighted by atomic mass is 10.1. The molecule has 1 aliphatic rings. The molecule has 1 N–H and O–H groups in total. The first-order valence-corrected chi connectivity index (χ1v) is 6.54. The van der Waals surface area contributed by atoms with Crippen LogP contribution in [-0.2, 0) is 4.74 Å². The van der Waals surface area contributed by atoms with Crippen molar-refractivity contribution in [1.29, 1.82) is 0 Å². The summed E-state index contributed by atoms with van der Waals surface area (Å²) in [6.45, 7) is 10.1. The van der Waals surface area contributed by atoms with Gasteiger partial charge < -0.3 is 10.1 Å². The third kappa shape index (κ3) is 3.40. The van der Waals surface area contributed by atoms with Gasteiger partial charge in [-0.05, 0) is 20.8 Å². The Kier molecular flexibility index (Phi) is 4.49. The van der Waals surface area contributed by atoms with Gasteiger partial charge in [0.25, 0.3) is 0 Å². The van der Waals surface area contributed by atoms with Crippen molar-refractivity contribution in [3.05, 3.63) is 18.1 Å². The molecule has 0 aromatic carbocycles. The van der Waals surface area contributed by atoms with E-state index in [4.69, 9.17) is 4.74 Å². The van der Waals surface area contributed by atoms with E-state index in [1.165, 1.54) is 0 Å². The van der Waals surface area contributed by atoms with E-state index in [1.54, 1.807) is 12.4 Å². The van der Waals surface area contributed by atoms with Crippen molar-refractivity contribution in [2.45, 2.75) is 32.9 Å². The molecule has 2 unspecified atom stereocenters. The highest BCUT2D eigenvalue weighted by atomic mass is 16.5. The molecular formula is C13H22N4O. The summed E-state index contributed by atoms with van der Waals surface area (Å²) in [7, 11) is 0. The molecule has 0 saturated carbocycles. The SMILES string of the molecule is Cc1cncc(NC(C)C(C)N2CCOCC2)n1. The van der Waals surface area contributed by atoms with Crippen molar-refractivity contribution in [2.24, 2.45) is 0 Å². The van der Waals surface area contributed by atoms with Gasteiger partial charge in [-0.15, -0.1) is 0 Å². The first-order valence-electron chi connectivity index (χ1n) is 6.54. The number of hydrogen-bond donors (Lipinski definition) is 1. The molecule has 1 aromatic rings. The van der Waals surface area contributed by atoms with Gasteiger partial charge >= 0.3 is 0 Å². The second-order valence-corrected chi connectivity index (χ2v) is 4.87. The minimum atomic E-state index is 0.333. The number of aryl methyl sites for hydroxylation is 1. The predicted octanol–water partition coefficient (Wildman–Crippen LogP) is 1.31. The molecule has 5 heteroatoms. The fourth-order valence-electron chi connectivity index (χ4n) is 2.19. The van der Waals surface area contributed by atoms with Gasteiger partial charge in [0, 0.05) is 31.4 Å². The Labute approximate surface area is 109 Å². The zero-order valence-corrected chi connectivity index (χ0v) is 11.4. The molecule has 18 heavy (non-hydrogen) atoms. The monoisotopic (exact) mass is 250 g/mol. The number of nitrogens with one attached hydrogen (secondary N) is 1. The van der Waals surface area contributed by atoms with Crippen molar-refractivity contribution >= 4 is 5.82 Å². The molecule has 100 valence electrons. The van der Waals surface area contributed by atoms with Crippen LogP contribution in [0.25, 0.3) is 0 Å². The Morgan fingerprint density at radius 3 is 2.67 bits per heavy atom. The average Bonchev–Trinajstić information content (AvgIpc) is 2.39. The maximum Gasteiger partial charge on any atom is 0.145 e. The first kappa shape index (κ1) is 13.2. The van der Waals surface area contributed by atoms with Gasteiger partial charge in [0.2, 0.25) is 0 Å². The lowest BCUT2D eigenvalue weighted by molar-refractivity contribution is 0.0176. The second kappa shape index (κ2) is 6.11. The van der Waals surface area contributed by atoms with Crippen LogP contribution in [0.4, 0.5) is 5.82 Å². The Morgan fingerprint density at radius 2 is 2.00 bits per heavy atom. The van der Waals surface area contributed by atoms with Crippen LogP contribution in [0.1, 0.15) is 19.5 Å². The molecule has 1 fully saturated rings. The van der Waals surface area contributed by atoms with E-state index in [-0.39, 0.29) is 0 Å². The second-order valence-electron chi connectivity index (χ2n) is 4.87.